The van der Waals surface area contributed by atoms with E-state index >= 15 is 0 Å². The van der Waals surface area contributed by atoms with Gasteiger partial charge in [-0.05, 0) is 13.0 Å². The molecule has 142 valence electrons. The highest BCUT2D eigenvalue weighted by Crippen LogP contribution is 2.31. The van der Waals surface area contributed by atoms with Crippen LogP contribution >= 0.6 is 11.6 Å². The van der Waals surface area contributed by atoms with E-state index < -0.39 is 19.0 Å². The van der Waals surface area contributed by atoms with Crippen LogP contribution in [-0.4, -0.2) is 45.2 Å². The average Bonchev–Trinajstić information content (AvgIpc) is 3.05. The number of rotatable bonds is 7. The van der Waals surface area contributed by atoms with Crippen molar-refractivity contribution in [2.24, 2.45) is 0 Å². The topological polar surface area (TPSA) is 87.8 Å². The van der Waals surface area contributed by atoms with Crippen LogP contribution in [-0.2, 0) is 4.74 Å². The molecule has 0 atom stereocenters. The molecule has 27 heavy (non-hydrogen) atoms. The highest BCUT2D eigenvalue weighted by Gasteiger charge is 2.15. The minimum Gasteiger partial charge on any atom is -0.482 e. The predicted octanol–water partition coefficient (Wildman–Crippen LogP) is 3.39. The Hall–Kier alpha value is -3.01. The van der Waals surface area contributed by atoms with Crippen molar-refractivity contribution >= 4 is 23.2 Å². The van der Waals surface area contributed by atoms with Gasteiger partial charge in [0.1, 0.15) is 6.61 Å². The summed E-state index contributed by atoms with van der Waals surface area (Å²) in [6.45, 7) is 1.07. The summed E-state index contributed by atoms with van der Waals surface area (Å²) < 4.78 is 41.5. The second-order valence-corrected chi connectivity index (χ2v) is 5.52. The number of halogens is 3. The number of pyridine rings is 1. The van der Waals surface area contributed by atoms with Gasteiger partial charge in [0.15, 0.2) is 17.1 Å². The fraction of sp³-hybridized carbons (Fsp3) is 0.250. The fourth-order valence-corrected chi connectivity index (χ4v) is 2.21. The van der Waals surface area contributed by atoms with Gasteiger partial charge >= 0.3 is 5.97 Å². The lowest BCUT2D eigenvalue weighted by molar-refractivity contribution is 0.0520. The highest BCUT2D eigenvalue weighted by molar-refractivity contribution is 6.30. The molecule has 0 aromatic carbocycles. The first-order chi connectivity index (χ1) is 13.0. The number of aromatic nitrogens is 4. The molecule has 11 heteroatoms. The average molecular weight is 399 g/mol. The van der Waals surface area contributed by atoms with Gasteiger partial charge in [-0.2, -0.15) is 0 Å². The fourth-order valence-electron chi connectivity index (χ4n) is 2.06. The van der Waals surface area contributed by atoms with Crippen molar-refractivity contribution in [3.63, 3.8) is 0 Å². The molecule has 3 aromatic rings. The first kappa shape index (κ1) is 18.8. The van der Waals surface area contributed by atoms with E-state index in [2.05, 4.69) is 15.1 Å². The van der Waals surface area contributed by atoms with Crippen molar-refractivity contribution in [3.8, 4) is 17.5 Å². The Labute approximate surface area is 156 Å². The third-order valence-electron chi connectivity index (χ3n) is 3.13. The normalized spacial score (nSPS) is 11.0. The van der Waals surface area contributed by atoms with Crippen molar-refractivity contribution < 1.29 is 27.8 Å². The van der Waals surface area contributed by atoms with Crippen LogP contribution < -0.4 is 9.47 Å². The lowest BCUT2D eigenvalue weighted by Crippen LogP contribution is -2.08. The van der Waals surface area contributed by atoms with E-state index in [9.17, 15) is 13.6 Å². The van der Waals surface area contributed by atoms with Crippen LogP contribution in [0.25, 0.3) is 5.65 Å². The van der Waals surface area contributed by atoms with E-state index in [0.29, 0.717) is 5.65 Å². The standard InChI is InChI=1S/C16H13ClF2N4O4/c1-2-25-16(24)10-7-23-13(21-10)3-4-14(22-23)27-15-11(26-8-12(18)19)5-9(17)6-20-15/h3-7,12H,2,8H2,1H3. The van der Waals surface area contributed by atoms with Gasteiger partial charge in [-0.3, -0.25) is 0 Å². The van der Waals surface area contributed by atoms with Crippen LogP contribution in [0.1, 0.15) is 17.4 Å². The van der Waals surface area contributed by atoms with Crippen LogP contribution in [0, 0.1) is 0 Å². The number of imidazole rings is 1. The SMILES string of the molecule is CCOC(=O)c1cn2nc(Oc3ncc(Cl)cc3OCC(F)F)ccc2n1. The first-order valence-corrected chi connectivity index (χ1v) is 8.12. The van der Waals surface area contributed by atoms with E-state index in [1.165, 1.54) is 29.0 Å². The van der Waals surface area contributed by atoms with Gasteiger partial charge in [-0.15, -0.1) is 5.10 Å². The number of esters is 1. The Morgan fingerprint density at radius 1 is 1.37 bits per heavy atom. The van der Waals surface area contributed by atoms with Gasteiger partial charge in [-0.25, -0.2) is 28.1 Å². The Morgan fingerprint density at radius 3 is 2.93 bits per heavy atom. The summed E-state index contributed by atoms with van der Waals surface area (Å²) in [5.74, 6) is -0.639. The molecule has 0 aliphatic heterocycles. The van der Waals surface area contributed by atoms with Gasteiger partial charge in [0.05, 0.1) is 17.8 Å². The predicted molar refractivity (Wildman–Crippen MR) is 89.8 cm³/mol. The van der Waals surface area contributed by atoms with E-state index in [4.69, 9.17) is 25.8 Å². The second kappa shape index (κ2) is 8.12. The molecule has 0 aliphatic carbocycles. The van der Waals surface area contributed by atoms with Crippen LogP contribution in [0.4, 0.5) is 8.78 Å². The quantitative estimate of drug-likeness (QED) is 0.563. The lowest BCUT2D eigenvalue weighted by atomic mass is 10.4. The van der Waals surface area contributed by atoms with Crippen LogP contribution in [0.2, 0.25) is 5.02 Å². The summed E-state index contributed by atoms with van der Waals surface area (Å²) in [7, 11) is 0. The molecule has 0 bridgehead atoms. The zero-order valence-electron chi connectivity index (χ0n) is 13.9. The zero-order chi connectivity index (χ0) is 19.4. The largest absolute Gasteiger partial charge is 0.482 e. The number of nitrogens with zero attached hydrogens (tertiary/aromatic N) is 4. The number of carbonyl (C=O) groups excluding carboxylic acids is 1. The van der Waals surface area contributed by atoms with Crippen molar-refractivity contribution in [1.82, 2.24) is 19.6 Å². The molecule has 0 saturated carbocycles. The summed E-state index contributed by atoms with van der Waals surface area (Å²) in [5, 5.41) is 4.34. The molecule has 3 heterocycles. The molecule has 0 fully saturated rings. The van der Waals surface area contributed by atoms with Crippen molar-refractivity contribution in [3.05, 3.63) is 41.3 Å². The van der Waals surface area contributed by atoms with Gasteiger partial charge in [0.2, 0.25) is 5.88 Å². The molecule has 3 aromatic heterocycles. The van der Waals surface area contributed by atoms with Crippen molar-refractivity contribution in [1.29, 1.82) is 0 Å². The number of fused-ring (bicyclic) bond motifs is 1. The molecule has 0 amide bonds. The number of hydrogen-bond donors (Lipinski definition) is 0. The summed E-state index contributed by atoms with van der Waals surface area (Å²) in [6.07, 6.45) is -0.0109. The molecular weight excluding hydrogens is 386 g/mol. The van der Waals surface area contributed by atoms with E-state index in [-0.39, 0.29) is 34.8 Å². The van der Waals surface area contributed by atoms with Crippen LogP contribution in [0.5, 0.6) is 17.5 Å². The maximum atomic E-state index is 12.4. The molecule has 0 aliphatic rings. The van der Waals surface area contributed by atoms with Gasteiger partial charge in [-0.1, -0.05) is 11.6 Å². The molecule has 3 rings (SSSR count). The molecule has 0 radical (unpaired) electrons. The van der Waals surface area contributed by atoms with Crippen molar-refractivity contribution in [2.45, 2.75) is 13.3 Å². The van der Waals surface area contributed by atoms with Crippen LogP contribution in [0.3, 0.4) is 0 Å². The number of alkyl halides is 2. The molecule has 0 N–H and O–H groups in total. The smallest absolute Gasteiger partial charge is 0.358 e. The maximum absolute atomic E-state index is 12.4. The second-order valence-electron chi connectivity index (χ2n) is 5.08. The third-order valence-corrected chi connectivity index (χ3v) is 3.34. The molecule has 8 nitrogen and oxygen atoms in total. The third kappa shape index (κ3) is 4.59. The number of ether oxygens (including phenoxy) is 3. The van der Waals surface area contributed by atoms with Gasteiger partial charge in [0.25, 0.3) is 12.3 Å². The Bertz CT molecular complexity index is 967. The van der Waals surface area contributed by atoms with Gasteiger partial charge in [0, 0.05) is 18.3 Å². The summed E-state index contributed by atoms with van der Waals surface area (Å²) in [4.78, 5) is 19.7. The molecule has 0 spiro atoms. The van der Waals surface area contributed by atoms with E-state index in [1.54, 1.807) is 13.0 Å². The molecule has 0 saturated heterocycles. The zero-order valence-corrected chi connectivity index (χ0v) is 14.7. The Kier molecular flexibility index (Phi) is 5.65. The Balaban J connectivity index is 1.85. The van der Waals surface area contributed by atoms with Crippen LogP contribution in [0.15, 0.2) is 30.6 Å². The van der Waals surface area contributed by atoms with Crippen molar-refractivity contribution in [2.75, 3.05) is 13.2 Å². The number of carbonyl (C=O) groups is 1. The van der Waals surface area contributed by atoms with E-state index in [1.807, 2.05) is 0 Å². The first-order valence-electron chi connectivity index (χ1n) is 7.74. The minimum absolute atomic E-state index is 0.0532. The number of hydrogen-bond acceptors (Lipinski definition) is 7. The molecule has 0 unspecified atom stereocenters. The Morgan fingerprint density at radius 2 is 2.19 bits per heavy atom. The summed E-state index contributed by atoms with van der Waals surface area (Å²) >= 11 is 5.81. The summed E-state index contributed by atoms with van der Waals surface area (Å²) in [6, 6.07) is 4.34. The minimum atomic E-state index is -2.67. The monoisotopic (exact) mass is 398 g/mol. The molecular formula is C16H13ClF2N4O4. The lowest BCUT2D eigenvalue weighted by Gasteiger charge is -2.11. The summed E-state index contributed by atoms with van der Waals surface area (Å²) in [5.41, 5.74) is 0.482. The van der Waals surface area contributed by atoms with E-state index in [0.717, 1.165) is 0 Å². The maximum Gasteiger partial charge on any atom is 0.358 e. The highest BCUT2D eigenvalue weighted by atomic mass is 35.5. The van der Waals surface area contributed by atoms with Gasteiger partial charge < -0.3 is 14.2 Å².